The highest BCUT2D eigenvalue weighted by molar-refractivity contribution is 9.10. The van der Waals surface area contributed by atoms with Crippen LogP contribution in [0.1, 0.15) is 47.1 Å². The first-order chi connectivity index (χ1) is 15.3. The van der Waals surface area contributed by atoms with Crippen LogP contribution in [0.4, 0.5) is 0 Å². The Labute approximate surface area is 197 Å². The number of aryl methyl sites for hydroxylation is 2. The van der Waals surface area contributed by atoms with E-state index in [0.29, 0.717) is 43.9 Å². The lowest BCUT2D eigenvalue weighted by Gasteiger charge is -2.18. The zero-order valence-corrected chi connectivity index (χ0v) is 20.8. The summed E-state index contributed by atoms with van der Waals surface area (Å²) < 4.78 is 26.3. The smallest absolute Gasteiger partial charge is 0.340 e. The summed E-state index contributed by atoms with van der Waals surface area (Å²) in [7, 11) is 0.439. The van der Waals surface area contributed by atoms with Crippen molar-refractivity contribution in [3.8, 4) is 5.75 Å². The van der Waals surface area contributed by atoms with Gasteiger partial charge >= 0.3 is 5.97 Å². The van der Waals surface area contributed by atoms with Crippen LogP contribution in [0.15, 0.2) is 32.2 Å². The number of hydrogen-bond donors (Lipinski definition) is 1. The molecule has 4 rings (SSSR count). The summed E-state index contributed by atoms with van der Waals surface area (Å²) in [5.74, 6) is 0.369. The number of hydrogen-bond acceptors (Lipinski definition) is 6. The number of phenols is 1. The second-order valence-electron chi connectivity index (χ2n) is 8.00. The molecule has 1 aliphatic heterocycles. The molecule has 1 aromatic carbocycles. The molecule has 1 aliphatic rings. The summed E-state index contributed by atoms with van der Waals surface area (Å²) in [6, 6.07) is 3.50. The minimum atomic E-state index is -1.41. The number of halogens is 1. The Morgan fingerprint density at radius 3 is 2.69 bits per heavy atom. The van der Waals surface area contributed by atoms with Gasteiger partial charge in [0.05, 0.1) is 49.9 Å². The van der Waals surface area contributed by atoms with Gasteiger partial charge in [0.15, 0.2) is 0 Å². The Hall–Kier alpha value is -2.10. The number of carbonyl (C=O) groups excluding carboxylic acids is 1. The van der Waals surface area contributed by atoms with Crippen LogP contribution in [-0.4, -0.2) is 44.4 Å². The van der Waals surface area contributed by atoms with Crippen LogP contribution in [0.5, 0.6) is 5.75 Å². The van der Waals surface area contributed by atoms with Gasteiger partial charge in [0.2, 0.25) is 0 Å². The maximum Gasteiger partial charge on any atom is 0.340 e. The lowest BCUT2D eigenvalue weighted by atomic mass is 10.0. The number of rotatable bonds is 7. The molecule has 9 heteroatoms. The van der Waals surface area contributed by atoms with E-state index >= 15 is 0 Å². The number of esters is 1. The molecule has 172 valence electrons. The number of ether oxygens (including phenoxy) is 1. The molecule has 1 atom stereocenters. The Bertz CT molecular complexity index is 1190. The third kappa shape index (κ3) is 4.13. The zero-order chi connectivity index (χ0) is 23.0. The second-order valence-corrected chi connectivity index (χ2v) is 10.3. The summed E-state index contributed by atoms with van der Waals surface area (Å²) >= 11 is 3.47. The molecule has 1 unspecified atom stereocenters. The third-order valence-corrected chi connectivity index (χ3v) is 8.08. The summed E-state index contributed by atoms with van der Waals surface area (Å²) in [6.45, 7) is 6.18. The minimum Gasteiger partial charge on any atom is -0.506 e. The largest absolute Gasteiger partial charge is 0.506 e. The molecule has 0 amide bonds. The summed E-state index contributed by atoms with van der Waals surface area (Å²) in [4.78, 5) is 16.0. The van der Waals surface area contributed by atoms with Crippen molar-refractivity contribution in [1.82, 2.24) is 9.47 Å². The molecule has 0 saturated carbocycles. The number of furan rings is 1. The van der Waals surface area contributed by atoms with E-state index in [4.69, 9.17) is 9.15 Å². The number of benzene rings is 1. The van der Waals surface area contributed by atoms with E-state index in [1.54, 1.807) is 26.0 Å². The molecule has 1 fully saturated rings. The monoisotopic (exact) mass is 522 g/mol. The van der Waals surface area contributed by atoms with Gasteiger partial charge in [0.25, 0.3) is 0 Å². The predicted molar refractivity (Wildman–Crippen MR) is 126 cm³/mol. The zero-order valence-electron chi connectivity index (χ0n) is 18.4. The fourth-order valence-corrected chi connectivity index (χ4v) is 6.17. The molecule has 32 heavy (non-hydrogen) atoms. The van der Waals surface area contributed by atoms with E-state index < -0.39 is 16.8 Å². The van der Waals surface area contributed by atoms with Crippen molar-refractivity contribution in [2.24, 2.45) is 7.05 Å². The van der Waals surface area contributed by atoms with Gasteiger partial charge < -0.3 is 18.8 Å². The van der Waals surface area contributed by atoms with E-state index in [9.17, 15) is 14.1 Å². The standard InChI is InChI=1S/C23H27BrN2O5S/c1-4-30-23(28)21-18(13-32(29)19-7-10-31-14(19)2)25(3)17-11-16(24)22(27)15(20(17)21)12-26-8-5-6-9-26/h7,10-11,27H,4-6,8-9,12-13H2,1-3H3. The topological polar surface area (TPSA) is 84.9 Å². The average Bonchev–Trinajstić information content (AvgIpc) is 3.47. The molecule has 3 aromatic rings. The van der Waals surface area contributed by atoms with Gasteiger partial charge in [0, 0.05) is 30.2 Å². The van der Waals surface area contributed by atoms with Crippen LogP contribution in [-0.2, 0) is 34.9 Å². The average molecular weight is 523 g/mol. The lowest BCUT2D eigenvalue weighted by molar-refractivity contribution is 0.0527. The van der Waals surface area contributed by atoms with Crippen molar-refractivity contribution in [2.45, 2.75) is 43.9 Å². The van der Waals surface area contributed by atoms with E-state index in [2.05, 4.69) is 20.8 Å². The van der Waals surface area contributed by atoms with Crippen LogP contribution >= 0.6 is 15.9 Å². The van der Waals surface area contributed by atoms with Gasteiger partial charge in [-0.15, -0.1) is 0 Å². The highest BCUT2D eigenvalue weighted by Gasteiger charge is 2.29. The van der Waals surface area contributed by atoms with Gasteiger partial charge in [-0.1, -0.05) is 0 Å². The SMILES string of the molecule is CCOC(=O)c1c(CS(=O)c2ccoc2C)n(C)c2cc(Br)c(O)c(CN3CCCC3)c12. The summed E-state index contributed by atoms with van der Waals surface area (Å²) in [6.07, 6.45) is 3.75. The first kappa shape index (κ1) is 23.1. The molecule has 2 aromatic heterocycles. The Kier molecular flexibility index (Phi) is 6.78. The number of aromatic hydroxyl groups is 1. The van der Waals surface area contributed by atoms with Crippen LogP contribution in [0, 0.1) is 6.92 Å². The van der Waals surface area contributed by atoms with Crippen LogP contribution in [0.3, 0.4) is 0 Å². The molecule has 7 nitrogen and oxygen atoms in total. The van der Waals surface area contributed by atoms with Crippen molar-refractivity contribution in [3.05, 3.63) is 45.4 Å². The number of likely N-dealkylation sites (tertiary alicyclic amines) is 1. The summed E-state index contributed by atoms with van der Waals surface area (Å²) in [5.41, 5.74) is 2.45. The predicted octanol–water partition coefficient (Wildman–Crippen LogP) is 4.63. The highest BCUT2D eigenvalue weighted by atomic mass is 79.9. The van der Waals surface area contributed by atoms with Crippen molar-refractivity contribution >= 4 is 43.6 Å². The number of carbonyl (C=O) groups is 1. The molecule has 0 bridgehead atoms. The lowest BCUT2D eigenvalue weighted by Crippen LogP contribution is -2.19. The first-order valence-electron chi connectivity index (χ1n) is 10.7. The van der Waals surface area contributed by atoms with E-state index in [1.165, 1.54) is 6.26 Å². The molecular weight excluding hydrogens is 496 g/mol. The van der Waals surface area contributed by atoms with E-state index in [1.807, 2.05) is 11.6 Å². The second kappa shape index (κ2) is 9.41. The number of phenolic OH excluding ortho intramolecular Hbond substituents is 1. The third-order valence-electron chi connectivity index (χ3n) is 6.02. The molecule has 0 aliphatic carbocycles. The van der Waals surface area contributed by atoms with Gasteiger partial charge in [-0.25, -0.2) is 4.79 Å². The van der Waals surface area contributed by atoms with E-state index in [-0.39, 0.29) is 18.1 Å². The molecular formula is C23H27BrN2O5S. The minimum absolute atomic E-state index is 0.124. The van der Waals surface area contributed by atoms with Crippen molar-refractivity contribution < 1.29 is 23.3 Å². The quantitative estimate of drug-likeness (QED) is 0.455. The Balaban J connectivity index is 1.91. The van der Waals surface area contributed by atoms with Gasteiger partial charge in [0.1, 0.15) is 11.5 Å². The number of nitrogens with zero attached hydrogens (tertiary/aromatic N) is 2. The van der Waals surface area contributed by atoms with Crippen LogP contribution < -0.4 is 0 Å². The molecule has 3 heterocycles. The first-order valence-corrected chi connectivity index (χ1v) is 12.8. The molecule has 1 N–H and O–H groups in total. The summed E-state index contributed by atoms with van der Waals surface area (Å²) in [5, 5.41) is 11.6. The van der Waals surface area contributed by atoms with Gasteiger partial charge in [-0.3, -0.25) is 9.11 Å². The maximum absolute atomic E-state index is 13.2. The van der Waals surface area contributed by atoms with Crippen LogP contribution in [0.2, 0.25) is 0 Å². The Morgan fingerprint density at radius 1 is 1.34 bits per heavy atom. The normalized spacial score (nSPS) is 15.5. The van der Waals surface area contributed by atoms with Crippen molar-refractivity contribution in [3.63, 3.8) is 0 Å². The number of fused-ring (bicyclic) bond motifs is 1. The number of aromatic nitrogens is 1. The van der Waals surface area contributed by atoms with Gasteiger partial charge in [-0.2, -0.15) is 0 Å². The van der Waals surface area contributed by atoms with Crippen LogP contribution in [0.25, 0.3) is 10.9 Å². The van der Waals surface area contributed by atoms with Crippen molar-refractivity contribution in [2.75, 3.05) is 19.7 Å². The molecule has 1 saturated heterocycles. The molecule has 0 radical (unpaired) electrons. The fraction of sp³-hybridized carbons (Fsp3) is 0.435. The Morgan fingerprint density at radius 2 is 2.06 bits per heavy atom. The maximum atomic E-state index is 13.2. The molecule has 0 spiro atoms. The van der Waals surface area contributed by atoms with E-state index in [0.717, 1.165) is 31.4 Å². The van der Waals surface area contributed by atoms with Gasteiger partial charge in [-0.05, 0) is 67.8 Å². The highest BCUT2D eigenvalue weighted by Crippen LogP contribution is 2.40. The van der Waals surface area contributed by atoms with Crippen molar-refractivity contribution in [1.29, 1.82) is 0 Å². The fourth-order valence-electron chi connectivity index (χ4n) is 4.40.